The van der Waals surface area contributed by atoms with Gasteiger partial charge in [-0.15, -0.1) is 0 Å². The van der Waals surface area contributed by atoms with E-state index in [1.54, 1.807) is 0 Å². The second-order valence-electron chi connectivity index (χ2n) is 7.70. The molecule has 6 nitrogen and oxygen atoms in total. The Bertz CT molecular complexity index is 684. The van der Waals surface area contributed by atoms with Crippen molar-refractivity contribution in [2.45, 2.75) is 38.8 Å². The average molecular weight is 367 g/mol. The number of nitrogens with zero attached hydrogens (tertiary/aromatic N) is 6. The topological polar surface area (TPSA) is 48.4 Å². The van der Waals surface area contributed by atoms with Crippen LogP contribution >= 0.6 is 0 Å². The second-order valence-corrected chi connectivity index (χ2v) is 7.70. The fraction of sp³-hybridized carbons (Fsp3) is 0.571. The van der Waals surface area contributed by atoms with Crippen LogP contribution in [0.2, 0.25) is 0 Å². The maximum atomic E-state index is 4.63. The van der Waals surface area contributed by atoms with Gasteiger partial charge in [0.05, 0.1) is 0 Å². The number of aromatic nitrogens is 3. The van der Waals surface area contributed by atoms with Gasteiger partial charge in [-0.3, -0.25) is 14.8 Å². The summed E-state index contributed by atoms with van der Waals surface area (Å²) in [4.78, 5) is 20.8. The second kappa shape index (κ2) is 9.24. The van der Waals surface area contributed by atoms with Crippen LogP contribution < -0.4 is 4.90 Å². The van der Waals surface area contributed by atoms with Gasteiger partial charge in [0.1, 0.15) is 0 Å². The largest absolute Gasteiger partial charge is 0.341 e. The minimum Gasteiger partial charge on any atom is -0.341 e. The van der Waals surface area contributed by atoms with Crippen molar-refractivity contribution in [3.8, 4) is 0 Å². The molecule has 4 heterocycles. The van der Waals surface area contributed by atoms with Crippen molar-refractivity contribution in [3.63, 3.8) is 0 Å². The zero-order valence-corrected chi connectivity index (χ0v) is 16.1. The highest BCUT2D eigenvalue weighted by molar-refractivity contribution is 5.30. The molecule has 2 saturated heterocycles. The molecule has 2 aromatic rings. The van der Waals surface area contributed by atoms with Crippen LogP contribution in [0.5, 0.6) is 0 Å². The molecule has 2 aromatic heterocycles. The molecule has 4 rings (SSSR count). The van der Waals surface area contributed by atoms with Crippen LogP contribution in [0.3, 0.4) is 0 Å². The third kappa shape index (κ3) is 5.23. The Labute approximate surface area is 162 Å². The normalized spacial score (nSPS) is 19.8. The average Bonchev–Trinajstić information content (AvgIpc) is 2.95. The predicted octanol–water partition coefficient (Wildman–Crippen LogP) is 2.57. The molecule has 0 aromatic carbocycles. The van der Waals surface area contributed by atoms with Crippen molar-refractivity contribution >= 4 is 5.95 Å². The summed E-state index contributed by atoms with van der Waals surface area (Å²) in [5.41, 5.74) is 2.57. The van der Waals surface area contributed by atoms with E-state index < -0.39 is 0 Å². The van der Waals surface area contributed by atoms with Crippen LogP contribution in [0.25, 0.3) is 0 Å². The molecule has 0 aliphatic carbocycles. The molecule has 0 atom stereocenters. The van der Waals surface area contributed by atoms with Gasteiger partial charge < -0.3 is 4.90 Å². The Morgan fingerprint density at radius 1 is 0.667 bits per heavy atom. The third-order valence-electron chi connectivity index (χ3n) is 5.57. The van der Waals surface area contributed by atoms with Crippen LogP contribution in [-0.2, 0) is 13.1 Å². The minimum absolute atomic E-state index is 0.901. The van der Waals surface area contributed by atoms with Gasteiger partial charge in [-0.25, -0.2) is 9.97 Å². The summed E-state index contributed by atoms with van der Waals surface area (Å²) >= 11 is 0. The summed E-state index contributed by atoms with van der Waals surface area (Å²) in [5, 5.41) is 0. The minimum atomic E-state index is 0.901. The van der Waals surface area contributed by atoms with E-state index in [-0.39, 0.29) is 0 Å². The molecule has 27 heavy (non-hydrogen) atoms. The summed E-state index contributed by atoms with van der Waals surface area (Å²) < 4.78 is 0. The highest BCUT2D eigenvalue weighted by Gasteiger charge is 2.17. The predicted molar refractivity (Wildman–Crippen MR) is 108 cm³/mol. The molecule has 0 bridgehead atoms. The van der Waals surface area contributed by atoms with E-state index in [2.05, 4.69) is 41.8 Å². The first-order valence-electron chi connectivity index (χ1n) is 10.3. The van der Waals surface area contributed by atoms with Crippen molar-refractivity contribution in [1.82, 2.24) is 24.8 Å². The lowest BCUT2D eigenvalue weighted by atomic mass is 10.1. The van der Waals surface area contributed by atoms with E-state index in [1.165, 1.54) is 36.8 Å². The zero-order valence-electron chi connectivity index (χ0n) is 16.1. The first kappa shape index (κ1) is 18.3. The van der Waals surface area contributed by atoms with Crippen molar-refractivity contribution in [2.24, 2.45) is 0 Å². The molecule has 0 saturated carbocycles. The van der Waals surface area contributed by atoms with Crippen LogP contribution in [-0.4, -0.2) is 64.0 Å². The Morgan fingerprint density at radius 2 is 1.30 bits per heavy atom. The molecule has 0 spiro atoms. The molecule has 0 N–H and O–H groups in total. The molecular formula is C21H30N6. The number of anilines is 1. The fourth-order valence-electron chi connectivity index (χ4n) is 4.03. The van der Waals surface area contributed by atoms with Gasteiger partial charge in [-0.05, 0) is 56.5 Å². The molecule has 2 fully saturated rings. The van der Waals surface area contributed by atoms with Gasteiger partial charge in [0, 0.05) is 69.6 Å². The van der Waals surface area contributed by atoms with Gasteiger partial charge in [0.25, 0.3) is 0 Å². The van der Waals surface area contributed by atoms with Crippen LogP contribution in [0, 0.1) is 0 Å². The van der Waals surface area contributed by atoms with Crippen LogP contribution in [0.15, 0.2) is 36.9 Å². The highest BCUT2D eigenvalue weighted by Crippen LogP contribution is 2.16. The SMILES string of the molecule is c1cc(CN2CCCN(Cc3cnc(N4CCCCC4)nc3)CC2)ccn1. The van der Waals surface area contributed by atoms with Crippen molar-refractivity contribution in [3.05, 3.63) is 48.0 Å². The van der Waals surface area contributed by atoms with E-state index in [4.69, 9.17) is 0 Å². The van der Waals surface area contributed by atoms with Gasteiger partial charge in [-0.2, -0.15) is 0 Å². The van der Waals surface area contributed by atoms with Crippen LogP contribution in [0.1, 0.15) is 36.8 Å². The smallest absolute Gasteiger partial charge is 0.225 e. The Morgan fingerprint density at radius 3 is 1.96 bits per heavy atom. The highest BCUT2D eigenvalue weighted by atomic mass is 15.3. The van der Waals surface area contributed by atoms with E-state index in [9.17, 15) is 0 Å². The number of piperidine rings is 1. The summed E-state index contributed by atoms with van der Waals surface area (Å²) in [6, 6.07) is 4.23. The summed E-state index contributed by atoms with van der Waals surface area (Å²) in [5.74, 6) is 0.901. The van der Waals surface area contributed by atoms with E-state index >= 15 is 0 Å². The monoisotopic (exact) mass is 366 g/mol. The third-order valence-corrected chi connectivity index (χ3v) is 5.57. The van der Waals surface area contributed by atoms with Crippen molar-refractivity contribution in [2.75, 3.05) is 44.2 Å². The molecule has 0 amide bonds. The van der Waals surface area contributed by atoms with Gasteiger partial charge in [0.2, 0.25) is 5.95 Å². The van der Waals surface area contributed by atoms with Gasteiger partial charge in [0.15, 0.2) is 0 Å². The fourth-order valence-corrected chi connectivity index (χ4v) is 4.03. The van der Waals surface area contributed by atoms with Crippen molar-refractivity contribution in [1.29, 1.82) is 0 Å². The summed E-state index contributed by atoms with van der Waals surface area (Å²) in [6.45, 7) is 8.66. The Kier molecular flexibility index (Phi) is 6.27. The molecule has 0 radical (unpaired) electrons. The zero-order chi connectivity index (χ0) is 18.3. The standard InChI is InChI=1S/C21H30N6/c1-2-11-27(12-3-1)21-23-15-20(16-24-21)18-26-10-4-9-25(13-14-26)17-19-5-7-22-8-6-19/h5-8,15-16H,1-4,9-14,17-18H2. The number of hydrogen-bond acceptors (Lipinski definition) is 6. The summed E-state index contributed by atoms with van der Waals surface area (Å²) in [7, 11) is 0. The van der Waals surface area contributed by atoms with Gasteiger partial charge in [-0.1, -0.05) is 0 Å². The molecule has 2 aliphatic heterocycles. The molecule has 0 unspecified atom stereocenters. The summed E-state index contributed by atoms with van der Waals surface area (Å²) in [6.07, 6.45) is 12.9. The quantitative estimate of drug-likeness (QED) is 0.811. The molecule has 144 valence electrons. The first-order chi connectivity index (χ1) is 13.4. The lowest BCUT2D eigenvalue weighted by Gasteiger charge is -2.26. The van der Waals surface area contributed by atoms with E-state index in [0.717, 1.165) is 58.3 Å². The Balaban J connectivity index is 1.28. The van der Waals surface area contributed by atoms with Crippen molar-refractivity contribution < 1.29 is 0 Å². The maximum absolute atomic E-state index is 4.63. The van der Waals surface area contributed by atoms with E-state index in [0.29, 0.717) is 0 Å². The van der Waals surface area contributed by atoms with Crippen LogP contribution in [0.4, 0.5) is 5.95 Å². The number of hydrogen-bond donors (Lipinski definition) is 0. The molecule has 2 aliphatic rings. The number of rotatable bonds is 5. The molecular weight excluding hydrogens is 336 g/mol. The lowest BCUT2D eigenvalue weighted by Crippen LogP contribution is -2.31. The van der Waals surface area contributed by atoms with E-state index in [1.807, 2.05) is 24.8 Å². The maximum Gasteiger partial charge on any atom is 0.225 e. The first-order valence-corrected chi connectivity index (χ1v) is 10.3. The Hall–Kier alpha value is -2.05. The lowest BCUT2D eigenvalue weighted by molar-refractivity contribution is 0.247. The number of pyridine rings is 1. The molecule has 6 heteroatoms. The van der Waals surface area contributed by atoms with Gasteiger partial charge >= 0.3 is 0 Å².